The third-order valence-electron chi connectivity index (χ3n) is 4.51. The summed E-state index contributed by atoms with van der Waals surface area (Å²) in [5, 5.41) is 5.76. The first-order valence-corrected chi connectivity index (χ1v) is 9.03. The first-order chi connectivity index (χ1) is 13.0. The summed E-state index contributed by atoms with van der Waals surface area (Å²) < 4.78 is 13.3. The van der Waals surface area contributed by atoms with E-state index in [0.29, 0.717) is 11.6 Å². The fraction of sp³-hybridized carbons (Fsp3) is 0.421. The van der Waals surface area contributed by atoms with Crippen LogP contribution in [0.5, 0.6) is 0 Å². The van der Waals surface area contributed by atoms with Crippen LogP contribution in [0.4, 0.5) is 20.8 Å². The van der Waals surface area contributed by atoms with Crippen LogP contribution in [0.1, 0.15) is 18.4 Å². The van der Waals surface area contributed by atoms with Crippen LogP contribution in [-0.4, -0.2) is 54.1 Å². The van der Waals surface area contributed by atoms with E-state index >= 15 is 0 Å². The fourth-order valence-corrected chi connectivity index (χ4v) is 3.10. The van der Waals surface area contributed by atoms with Crippen LogP contribution >= 0.6 is 0 Å². The molecule has 0 atom stereocenters. The summed E-state index contributed by atoms with van der Waals surface area (Å²) in [4.78, 5) is 24.6. The number of likely N-dealkylation sites (tertiary alicyclic amines) is 1. The Bertz CT molecular complexity index is 759. The molecule has 2 amide bonds. The Labute approximate surface area is 158 Å². The van der Waals surface area contributed by atoms with E-state index in [0.717, 1.165) is 38.0 Å². The number of halogens is 1. The number of benzene rings is 1. The van der Waals surface area contributed by atoms with E-state index < -0.39 is 0 Å². The van der Waals surface area contributed by atoms with Crippen molar-refractivity contribution in [2.24, 2.45) is 0 Å². The van der Waals surface area contributed by atoms with Crippen LogP contribution in [0, 0.1) is 5.82 Å². The molecule has 2 heterocycles. The summed E-state index contributed by atoms with van der Waals surface area (Å²) in [6.07, 6.45) is 4.89. The van der Waals surface area contributed by atoms with E-state index in [-0.39, 0.29) is 17.9 Å². The van der Waals surface area contributed by atoms with Crippen molar-refractivity contribution >= 4 is 17.7 Å². The fourth-order valence-electron chi connectivity index (χ4n) is 3.10. The summed E-state index contributed by atoms with van der Waals surface area (Å²) in [5.41, 5.74) is 1.53. The number of carbonyl (C=O) groups excluding carboxylic acids is 1. The standard InChI is InChI=1S/C19H25FN6O/c1-25(2)18-21-11-17(12-22-18)24-19(27)23-16-6-8-26(9-7-16)13-14-4-3-5-15(20)10-14/h3-5,10-12,16H,6-9,13H2,1-2H3,(H2,23,24,27). The molecule has 0 unspecified atom stereocenters. The number of hydrogen-bond acceptors (Lipinski definition) is 5. The molecule has 2 N–H and O–H groups in total. The second-order valence-corrected chi connectivity index (χ2v) is 6.94. The average molecular weight is 372 g/mol. The van der Waals surface area contributed by atoms with E-state index in [1.807, 2.05) is 20.2 Å². The van der Waals surface area contributed by atoms with E-state index in [2.05, 4.69) is 25.5 Å². The lowest BCUT2D eigenvalue weighted by molar-refractivity contribution is 0.189. The van der Waals surface area contributed by atoms with Crippen LogP contribution < -0.4 is 15.5 Å². The first kappa shape index (κ1) is 19.0. The minimum absolute atomic E-state index is 0.121. The van der Waals surface area contributed by atoms with Gasteiger partial charge in [0.05, 0.1) is 18.1 Å². The molecule has 144 valence electrons. The van der Waals surface area contributed by atoms with Gasteiger partial charge in [-0.05, 0) is 30.5 Å². The molecule has 3 rings (SSSR count). The highest BCUT2D eigenvalue weighted by atomic mass is 19.1. The van der Waals surface area contributed by atoms with Crippen molar-refractivity contribution in [3.8, 4) is 0 Å². The molecule has 1 aromatic carbocycles. The first-order valence-electron chi connectivity index (χ1n) is 9.03. The number of nitrogens with one attached hydrogen (secondary N) is 2. The van der Waals surface area contributed by atoms with Crippen molar-refractivity contribution in [1.82, 2.24) is 20.2 Å². The lowest BCUT2D eigenvalue weighted by atomic mass is 10.0. The molecule has 0 radical (unpaired) electrons. The SMILES string of the molecule is CN(C)c1ncc(NC(=O)NC2CCN(Cc3cccc(F)c3)CC2)cn1. The molecule has 1 aliphatic heterocycles. The minimum atomic E-state index is -0.250. The van der Waals surface area contributed by atoms with Crippen LogP contribution in [0.25, 0.3) is 0 Å². The van der Waals surface area contributed by atoms with Gasteiger partial charge in [0.2, 0.25) is 5.95 Å². The zero-order valence-electron chi connectivity index (χ0n) is 15.7. The van der Waals surface area contributed by atoms with Crippen LogP contribution in [0.15, 0.2) is 36.7 Å². The van der Waals surface area contributed by atoms with Gasteiger partial charge in [-0.1, -0.05) is 12.1 Å². The highest BCUT2D eigenvalue weighted by Crippen LogP contribution is 2.15. The molecule has 1 fully saturated rings. The molecule has 2 aromatic rings. The molecule has 0 saturated carbocycles. The number of amides is 2. The molecule has 0 aliphatic carbocycles. The highest BCUT2D eigenvalue weighted by molar-refractivity contribution is 5.89. The van der Waals surface area contributed by atoms with Gasteiger partial charge in [0.1, 0.15) is 5.82 Å². The Balaban J connectivity index is 1.42. The average Bonchev–Trinajstić information content (AvgIpc) is 2.64. The van der Waals surface area contributed by atoms with Crippen LogP contribution in [0.2, 0.25) is 0 Å². The number of urea groups is 1. The number of carbonyl (C=O) groups is 1. The van der Waals surface area contributed by atoms with Gasteiger partial charge in [-0.15, -0.1) is 0 Å². The number of hydrogen-bond donors (Lipinski definition) is 2. The summed E-state index contributed by atoms with van der Waals surface area (Å²) >= 11 is 0. The lowest BCUT2D eigenvalue weighted by Crippen LogP contribution is -2.45. The minimum Gasteiger partial charge on any atom is -0.347 e. The Morgan fingerprint density at radius 3 is 2.59 bits per heavy atom. The van der Waals surface area contributed by atoms with Gasteiger partial charge in [0.15, 0.2) is 0 Å². The molecule has 8 heteroatoms. The molecule has 0 bridgehead atoms. The normalized spacial score (nSPS) is 15.4. The summed E-state index contributed by atoms with van der Waals surface area (Å²) in [6.45, 7) is 2.45. The van der Waals surface area contributed by atoms with Crippen molar-refractivity contribution in [2.45, 2.75) is 25.4 Å². The van der Waals surface area contributed by atoms with Crippen molar-refractivity contribution in [2.75, 3.05) is 37.4 Å². The molecule has 1 aliphatic rings. The quantitative estimate of drug-likeness (QED) is 0.844. The molecular formula is C19H25FN6O. The van der Waals surface area contributed by atoms with Gasteiger partial charge < -0.3 is 15.5 Å². The maximum absolute atomic E-state index is 13.3. The molecule has 1 saturated heterocycles. The van der Waals surface area contributed by atoms with Gasteiger partial charge in [-0.3, -0.25) is 4.90 Å². The Morgan fingerprint density at radius 2 is 1.96 bits per heavy atom. The maximum atomic E-state index is 13.3. The van der Waals surface area contributed by atoms with Gasteiger partial charge in [-0.2, -0.15) is 0 Å². The second-order valence-electron chi connectivity index (χ2n) is 6.94. The smallest absolute Gasteiger partial charge is 0.319 e. The van der Waals surface area contributed by atoms with Crippen LogP contribution in [0.3, 0.4) is 0 Å². The number of nitrogens with zero attached hydrogens (tertiary/aromatic N) is 4. The van der Waals surface area contributed by atoms with E-state index in [1.54, 1.807) is 29.4 Å². The summed E-state index contributed by atoms with van der Waals surface area (Å²) in [7, 11) is 3.71. The van der Waals surface area contributed by atoms with E-state index in [9.17, 15) is 9.18 Å². The monoisotopic (exact) mass is 372 g/mol. The predicted octanol–water partition coefficient (Wildman–Crippen LogP) is 2.47. The summed E-state index contributed by atoms with van der Waals surface area (Å²) in [5.74, 6) is 0.384. The number of aromatic nitrogens is 2. The van der Waals surface area contributed by atoms with Crippen molar-refractivity contribution < 1.29 is 9.18 Å². The largest absolute Gasteiger partial charge is 0.347 e. The number of rotatable bonds is 5. The molecule has 27 heavy (non-hydrogen) atoms. The highest BCUT2D eigenvalue weighted by Gasteiger charge is 2.21. The van der Waals surface area contributed by atoms with Gasteiger partial charge >= 0.3 is 6.03 Å². The Morgan fingerprint density at radius 1 is 1.26 bits per heavy atom. The Kier molecular flexibility index (Phi) is 6.18. The van der Waals surface area contributed by atoms with Crippen molar-refractivity contribution in [3.63, 3.8) is 0 Å². The predicted molar refractivity (Wildman–Crippen MR) is 103 cm³/mol. The van der Waals surface area contributed by atoms with Crippen molar-refractivity contribution in [1.29, 1.82) is 0 Å². The number of anilines is 2. The number of piperidine rings is 1. The van der Waals surface area contributed by atoms with Gasteiger partial charge in [0, 0.05) is 39.8 Å². The zero-order valence-corrected chi connectivity index (χ0v) is 15.7. The second kappa shape index (κ2) is 8.77. The molecule has 0 spiro atoms. The third-order valence-corrected chi connectivity index (χ3v) is 4.51. The maximum Gasteiger partial charge on any atom is 0.319 e. The van der Waals surface area contributed by atoms with Crippen molar-refractivity contribution in [3.05, 3.63) is 48.0 Å². The van der Waals surface area contributed by atoms with E-state index in [4.69, 9.17) is 0 Å². The topological polar surface area (TPSA) is 73.4 Å². The van der Waals surface area contributed by atoms with Gasteiger partial charge in [0.25, 0.3) is 0 Å². The molecular weight excluding hydrogens is 347 g/mol. The Hall–Kier alpha value is -2.74. The molecule has 7 nitrogen and oxygen atoms in total. The van der Waals surface area contributed by atoms with E-state index in [1.165, 1.54) is 6.07 Å². The third kappa shape index (κ3) is 5.62. The lowest BCUT2D eigenvalue weighted by Gasteiger charge is -2.32. The molecule has 1 aromatic heterocycles. The zero-order chi connectivity index (χ0) is 19.2. The van der Waals surface area contributed by atoms with Gasteiger partial charge in [-0.25, -0.2) is 19.2 Å². The van der Waals surface area contributed by atoms with Crippen LogP contribution in [-0.2, 0) is 6.54 Å². The summed E-state index contributed by atoms with van der Waals surface area (Å²) in [6, 6.07) is 6.57.